The van der Waals surface area contributed by atoms with Gasteiger partial charge in [-0.15, -0.1) is 4.91 Å². The van der Waals surface area contributed by atoms with Crippen molar-refractivity contribution in [1.82, 2.24) is 0 Å². The van der Waals surface area contributed by atoms with E-state index in [1.165, 1.54) is 12.3 Å². The fourth-order valence-electron chi connectivity index (χ4n) is 0.364. The first-order chi connectivity index (χ1) is 3.84. The average molecular weight is 113 g/mol. The largest absolute Gasteiger partial charge is 0.479 e. The summed E-state index contributed by atoms with van der Waals surface area (Å²) in [7, 11) is 0. The van der Waals surface area contributed by atoms with Crippen molar-refractivity contribution < 1.29 is 9.52 Å². The Balaban J connectivity index is 3.09. The van der Waals surface area contributed by atoms with Gasteiger partial charge in [-0.25, -0.2) is 0 Å². The van der Waals surface area contributed by atoms with Gasteiger partial charge in [0.25, 0.3) is 0 Å². The summed E-state index contributed by atoms with van der Waals surface area (Å²) >= 11 is 0. The summed E-state index contributed by atoms with van der Waals surface area (Å²) in [5.41, 5.74) is -0.0648. The molecule has 42 valence electrons. The highest BCUT2D eigenvalue weighted by atomic mass is 16.5. The molecule has 0 amide bonds. The monoisotopic (exact) mass is 113 g/mol. The number of rotatable bonds is 1. The third kappa shape index (κ3) is 0.556. The Morgan fingerprint density at radius 2 is 2.50 bits per heavy atom. The van der Waals surface area contributed by atoms with Crippen LogP contribution in [0.1, 0.15) is 0 Å². The Bertz CT molecular complexity index is 193. The second-order valence-corrected chi connectivity index (χ2v) is 1.20. The van der Waals surface area contributed by atoms with Crippen LogP contribution in [0.15, 0.2) is 21.9 Å². The van der Waals surface area contributed by atoms with Gasteiger partial charge in [-0.3, -0.25) is 0 Å². The summed E-state index contributed by atoms with van der Waals surface area (Å²) in [6.45, 7) is 0. The summed E-state index contributed by atoms with van der Waals surface area (Å²) < 4.78 is 4.32. The van der Waals surface area contributed by atoms with E-state index in [2.05, 4.69) is 9.59 Å². The number of aromatic hydroxyl groups is 1. The summed E-state index contributed by atoms with van der Waals surface area (Å²) in [5, 5.41) is 10.9. The van der Waals surface area contributed by atoms with Gasteiger partial charge in [0, 0.05) is 6.07 Å². The third-order valence-electron chi connectivity index (χ3n) is 0.723. The van der Waals surface area contributed by atoms with Crippen molar-refractivity contribution in [3.63, 3.8) is 0 Å². The minimum atomic E-state index is -0.431. The zero-order chi connectivity index (χ0) is 5.98. The lowest BCUT2D eigenvalue weighted by Crippen LogP contribution is -1.50. The second kappa shape index (κ2) is 1.65. The van der Waals surface area contributed by atoms with Crippen LogP contribution in [-0.2, 0) is 0 Å². The SMILES string of the molecule is O=Nc1ccoc1O. The molecular formula is C4H3NO3. The van der Waals surface area contributed by atoms with Gasteiger partial charge >= 0.3 is 5.95 Å². The van der Waals surface area contributed by atoms with Crippen molar-refractivity contribution in [3.8, 4) is 5.95 Å². The van der Waals surface area contributed by atoms with Gasteiger partial charge in [0.15, 0.2) is 5.69 Å². The van der Waals surface area contributed by atoms with E-state index in [1.54, 1.807) is 0 Å². The van der Waals surface area contributed by atoms with Crippen molar-refractivity contribution in [2.45, 2.75) is 0 Å². The molecule has 8 heavy (non-hydrogen) atoms. The van der Waals surface area contributed by atoms with Gasteiger partial charge in [0.1, 0.15) is 0 Å². The van der Waals surface area contributed by atoms with E-state index in [0.717, 1.165) is 0 Å². The molecule has 4 heteroatoms. The molecule has 0 radical (unpaired) electrons. The quantitative estimate of drug-likeness (QED) is 0.559. The Morgan fingerprint density at radius 1 is 1.75 bits per heavy atom. The number of hydrogen-bond acceptors (Lipinski definition) is 4. The molecule has 0 aliphatic carbocycles. The van der Waals surface area contributed by atoms with Gasteiger partial charge in [-0.2, -0.15) is 0 Å². The van der Waals surface area contributed by atoms with E-state index in [-0.39, 0.29) is 5.69 Å². The number of nitroso groups, excluding NO2 is 1. The van der Waals surface area contributed by atoms with Gasteiger partial charge in [0.05, 0.1) is 6.26 Å². The van der Waals surface area contributed by atoms with Gasteiger partial charge < -0.3 is 9.52 Å². The van der Waals surface area contributed by atoms with E-state index in [4.69, 9.17) is 5.11 Å². The van der Waals surface area contributed by atoms with Crippen molar-refractivity contribution >= 4 is 5.69 Å². The van der Waals surface area contributed by atoms with Gasteiger partial charge in [-0.05, 0) is 5.18 Å². The molecule has 0 unspecified atom stereocenters. The first-order valence-corrected chi connectivity index (χ1v) is 1.94. The highest BCUT2D eigenvalue weighted by molar-refractivity contribution is 5.43. The molecule has 1 aromatic heterocycles. The zero-order valence-electron chi connectivity index (χ0n) is 3.87. The van der Waals surface area contributed by atoms with E-state index in [0.29, 0.717) is 0 Å². The standard InChI is InChI=1S/C4H3NO3/c6-4-3(5-7)1-2-8-4/h1-2,6H. The highest BCUT2D eigenvalue weighted by Gasteiger charge is 2.00. The van der Waals surface area contributed by atoms with Gasteiger partial charge in [-0.1, -0.05) is 0 Å². The summed E-state index contributed by atoms with van der Waals surface area (Å²) in [6.07, 6.45) is 1.19. The second-order valence-electron chi connectivity index (χ2n) is 1.20. The first-order valence-electron chi connectivity index (χ1n) is 1.94. The van der Waals surface area contributed by atoms with Crippen LogP contribution in [0.25, 0.3) is 0 Å². The number of nitrogens with zero attached hydrogens (tertiary/aromatic N) is 1. The fourth-order valence-corrected chi connectivity index (χ4v) is 0.364. The predicted molar refractivity (Wildman–Crippen MR) is 25.8 cm³/mol. The van der Waals surface area contributed by atoms with Crippen LogP contribution >= 0.6 is 0 Å². The lowest BCUT2D eigenvalue weighted by Gasteiger charge is -1.76. The fraction of sp³-hybridized carbons (Fsp3) is 0. The van der Waals surface area contributed by atoms with Crippen molar-refractivity contribution in [2.75, 3.05) is 0 Å². The molecule has 0 saturated carbocycles. The molecule has 0 aliphatic heterocycles. The molecule has 0 bridgehead atoms. The van der Waals surface area contributed by atoms with Crippen LogP contribution in [-0.4, -0.2) is 5.11 Å². The molecule has 0 spiro atoms. The molecule has 1 heterocycles. The lowest BCUT2D eigenvalue weighted by atomic mass is 10.5. The topological polar surface area (TPSA) is 62.8 Å². The first kappa shape index (κ1) is 4.83. The van der Waals surface area contributed by atoms with Crippen LogP contribution in [0.5, 0.6) is 5.95 Å². The number of furan rings is 1. The number of hydrogen-bond donors (Lipinski definition) is 1. The third-order valence-corrected chi connectivity index (χ3v) is 0.723. The smallest absolute Gasteiger partial charge is 0.312 e. The molecular weight excluding hydrogens is 110 g/mol. The normalized spacial score (nSPS) is 9.00. The Hall–Kier alpha value is -1.32. The molecule has 1 aromatic rings. The molecule has 0 aliphatic rings. The van der Waals surface area contributed by atoms with Crippen LogP contribution in [0.2, 0.25) is 0 Å². The van der Waals surface area contributed by atoms with E-state index < -0.39 is 5.95 Å². The Kier molecular flexibility index (Phi) is 0.997. The zero-order valence-corrected chi connectivity index (χ0v) is 3.87. The van der Waals surface area contributed by atoms with E-state index in [9.17, 15) is 4.91 Å². The maximum atomic E-state index is 9.62. The Labute approximate surface area is 44.7 Å². The summed E-state index contributed by atoms with van der Waals surface area (Å²) in [5.74, 6) is -0.431. The van der Waals surface area contributed by atoms with Gasteiger partial charge in [0.2, 0.25) is 0 Å². The molecule has 0 saturated heterocycles. The molecule has 1 rings (SSSR count). The molecule has 4 nitrogen and oxygen atoms in total. The maximum Gasteiger partial charge on any atom is 0.312 e. The average Bonchev–Trinajstić information content (AvgIpc) is 2.14. The predicted octanol–water partition coefficient (Wildman–Crippen LogP) is 1.38. The van der Waals surface area contributed by atoms with Crippen molar-refractivity contribution in [1.29, 1.82) is 0 Å². The molecule has 1 N–H and O–H groups in total. The van der Waals surface area contributed by atoms with Crippen molar-refractivity contribution in [2.24, 2.45) is 5.18 Å². The van der Waals surface area contributed by atoms with Crippen LogP contribution in [0.3, 0.4) is 0 Å². The lowest BCUT2D eigenvalue weighted by molar-refractivity contribution is 0.334. The van der Waals surface area contributed by atoms with E-state index >= 15 is 0 Å². The minimum absolute atomic E-state index is 0.0648. The minimum Gasteiger partial charge on any atom is -0.479 e. The molecule has 0 fully saturated rings. The highest BCUT2D eigenvalue weighted by Crippen LogP contribution is 2.25. The summed E-state index contributed by atoms with van der Waals surface area (Å²) in [6, 6.07) is 1.28. The molecule has 0 aromatic carbocycles. The van der Waals surface area contributed by atoms with Crippen molar-refractivity contribution in [3.05, 3.63) is 17.2 Å². The Morgan fingerprint density at radius 3 is 2.75 bits per heavy atom. The van der Waals surface area contributed by atoms with Crippen LogP contribution in [0, 0.1) is 4.91 Å². The summed E-state index contributed by atoms with van der Waals surface area (Å²) in [4.78, 5) is 9.62. The van der Waals surface area contributed by atoms with E-state index in [1.807, 2.05) is 0 Å². The molecule has 0 atom stereocenters. The van der Waals surface area contributed by atoms with Crippen LogP contribution in [0.4, 0.5) is 5.69 Å². The maximum absolute atomic E-state index is 9.62. The van der Waals surface area contributed by atoms with Crippen LogP contribution < -0.4 is 0 Å².